The minimum Gasteiger partial charge on any atom is -0.378 e. The van der Waals surface area contributed by atoms with E-state index in [1.165, 1.54) is 11.3 Å². The van der Waals surface area contributed by atoms with Gasteiger partial charge in [0.25, 0.3) is 0 Å². The molecule has 0 spiro atoms. The Kier molecular flexibility index (Phi) is 5.36. The minimum absolute atomic E-state index is 0.101. The Hall–Kier alpha value is -0.970. The Bertz CT molecular complexity index is 479. The molecule has 1 aliphatic heterocycles. The molecule has 0 amide bonds. The molecule has 5 heteroatoms. The van der Waals surface area contributed by atoms with Crippen LogP contribution in [0.25, 0.3) is 0 Å². The maximum absolute atomic E-state index is 6.34. The molecule has 4 N–H and O–H groups in total. The highest BCUT2D eigenvalue weighted by atomic mass is 35.5. The summed E-state index contributed by atoms with van der Waals surface area (Å²) in [6.07, 6.45) is 0.971. The summed E-state index contributed by atoms with van der Waals surface area (Å²) in [7, 11) is 0. The van der Waals surface area contributed by atoms with Crippen molar-refractivity contribution in [2.24, 2.45) is 5.73 Å². The fraction of sp³-hybridized carbons (Fsp3) is 0.625. The summed E-state index contributed by atoms with van der Waals surface area (Å²) in [4.78, 5) is 2.40. The van der Waals surface area contributed by atoms with Crippen molar-refractivity contribution in [2.45, 2.75) is 32.7 Å². The third-order valence-electron chi connectivity index (χ3n) is 4.47. The normalized spacial score (nSPS) is 18.4. The zero-order chi connectivity index (χ0) is 15.5. The number of nitrogens with one attached hydrogen (secondary N) is 2. The van der Waals surface area contributed by atoms with Crippen LogP contribution in [0.5, 0.6) is 0 Å². The molecule has 1 atom stereocenters. The number of benzene rings is 1. The van der Waals surface area contributed by atoms with Crippen LogP contribution in [-0.2, 0) is 0 Å². The van der Waals surface area contributed by atoms with Gasteiger partial charge in [0, 0.05) is 54.7 Å². The van der Waals surface area contributed by atoms with Gasteiger partial charge in [-0.05, 0) is 38.0 Å². The van der Waals surface area contributed by atoms with Crippen molar-refractivity contribution in [3.05, 3.63) is 22.7 Å². The molecule has 0 radical (unpaired) electrons. The molecule has 1 aromatic carbocycles. The van der Waals surface area contributed by atoms with Gasteiger partial charge in [0.15, 0.2) is 0 Å². The summed E-state index contributed by atoms with van der Waals surface area (Å²) in [6.45, 7) is 11.1. The molecule has 1 unspecified atom stereocenters. The van der Waals surface area contributed by atoms with E-state index in [2.05, 4.69) is 42.4 Å². The second-order valence-corrected chi connectivity index (χ2v) is 6.51. The van der Waals surface area contributed by atoms with Crippen LogP contribution < -0.4 is 21.3 Å². The highest BCUT2D eigenvalue weighted by Gasteiger charge is 2.22. The van der Waals surface area contributed by atoms with E-state index >= 15 is 0 Å². The number of halogens is 1. The van der Waals surface area contributed by atoms with Crippen molar-refractivity contribution in [2.75, 3.05) is 42.9 Å². The van der Waals surface area contributed by atoms with Gasteiger partial charge in [-0.3, -0.25) is 0 Å². The van der Waals surface area contributed by atoms with Crippen molar-refractivity contribution in [1.82, 2.24) is 5.32 Å². The third kappa shape index (κ3) is 3.82. The van der Waals surface area contributed by atoms with Crippen molar-refractivity contribution < 1.29 is 0 Å². The molecule has 1 fully saturated rings. The molecule has 1 aromatic rings. The summed E-state index contributed by atoms with van der Waals surface area (Å²) in [5.41, 5.74) is 9.38. The molecule has 118 valence electrons. The number of rotatable bonds is 5. The van der Waals surface area contributed by atoms with Crippen LogP contribution in [0.1, 0.15) is 25.8 Å². The molecule has 2 rings (SSSR count). The lowest BCUT2D eigenvalue weighted by Gasteiger charge is -2.34. The number of hydrogen-bond donors (Lipinski definition) is 3. The molecule has 1 saturated heterocycles. The van der Waals surface area contributed by atoms with E-state index < -0.39 is 0 Å². The first kappa shape index (κ1) is 16.4. The van der Waals surface area contributed by atoms with Gasteiger partial charge in [0.1, 0.15) is 0 Å². The van der Waals surface area contributed by atoms with Gasteiger partial charge in [0.05, 0.1) is 0 Å². The van der Waals surface area contributed by atoms with Gasteiger partial charge < -0.3 is 21.3 Å². The Labute approximate surface area is 133 Å². The van der Waals surface area contributed by atoms with E-state index in [1.54, 1.807) is 0 Å². The lowest BCUT2D eigenvalue weighted by atomic mass is 9.97. The third-order valence-corrected chi connectivity index (χ3v) is 4.69. The zero-order valence-corrected chi connectivity index (χ0v) is 14.1. The van der Waals surface area contributed by atoms with Gasteiger partial charge in [0.2, 0.25) is 0 Å². The quantitative estimate of drug-likeness (QED) is 0.782. The number of piperazine rings is 1. The van der Waals surface area contributed by atoms with E-state index in [0.717, 1.165) is 43.3 Å². The van der Waals surface area contributed by atoms with Crippen LogP contribution in [0.15, 0.2) is 12.1 Å². The first-order chi connectivity index (χ1) is 9.99. The molecule has 0 aliphatic carbocycles. The van der Waals surface area contributed by atoms with Crippen LogP contribution in [-0.4, -0.2) is 38.3 Å². The molecule has 1 aliphatic rings. The van der Waals surface area contributed by atoms with Crippen LogP contribution in [0.4, 0.5) is 11.4 Å². The lowest BCUT2D eigenvalue weighted by Crippen LogP contribution is -2.44. The van der Waals surface area contributed by atoms with Gasteiger partial charge in [-0.25, -0.2) is 0 Å². The summed E-state index contributed by atoms with van der Waals surface area (Å²) in [6, 6.07) is 4.07. The van der Waals surface area contributed by atoms with E-state index in [1.807, 2.05) is 6.07 Å². The number of anilines is 2. The number of nitrogens with two attached hydrogens (primary N) is 1. The summed E-state index contributed by atoms with van der Waals surface area (Å²) < 4.78 is 0. The smallest absolute Gasteiger partial charge is 0.0465 e. The van der Waals surface area contributed by atoms with Crippen LogP contribution in [0, 0.1) is 6.92 Å². The molecule has 21 heavy (non-hydrogen) atoms. The van der Waals surface area contributed by atoms with E-state index in [-0.39, 0.29) is 5.54 Å². The number of nitrogens with zero attached hydrogens (tertiary/aromatic N) is 1. The predicted octanol–water partition coefficient (Wildman–Crippen LogP) is 2.60. The first-order valence-corrected chi connectivity index (χ1v) is 8.11. The topological polar surface area (TPSA) is 53.3 Å². The summed E-state index contributed by atoms with van der Waals surface area (Å²) in [5, 5.41) is 7.74. The van der Waals surface area contributed by atoms with Crippen molar-refractivity contribution in [3.8, 4) is 0 Å². The maximum Gasteiger partial charge on any atom is 0.0465 e. The fourth-order valence-electron chi connectivity index (χ4n) is 2.64. The van der Waals surface area contributed by atoms with E-state index in [0.29, 0.717) is 6.54 Å². The first-order valence-electron chi connectivity index (χ1n) is 7.73. The molecule has 0 aromatic heterocycles. The zero-order valence-electron chi connectivity index (χ0n) is 13.3. The Morgan fingerprint density at radius 2 is 2.05 bits per heavy atom. The van der Waals surface area contributed by atoms with Crippen LogP contribution in [0.3, 0.4) is 0 Å². The van der Waals surface area contributed by atoms with E-state index in [4.69, 9.17) is 17.3 Å². The lowest BCUT2D eigenvalue weighted by molar-refractivity contribution is 0.506. The van der Waals surface area contributed by atoms with Crippen LogP contribution >= 0.6 is 11.6 Å². The van der Waals surface area contributed by atoms with Crippen molar-refractivity contribution >= 4 is 23.0 Å². The van der Waals surface area contributed by atoms with Gasteiger partial charge >= 0.3 is 0 Å². The Balaban J connectivity index is 2.32. The van der Waals surface area contributed by atoms with Crippen molar-refractivity contribution in [1.29, 1.82) is 0 Å². The average molecular weight is 311 g/mol. The maximum atomic E-state index is 6.34. The molecular formula is C16H27ClN4. The highest BCUT2D eigenvalue weighted by Crippen LogP contribution is 2.33. The predicted molar refractivity (Wildman–Crippen MR) is 92.6 cm³/mol. The Morgan fingerprint density at radius 3 is 2.62 bits per heavy atom. The molecule has 0 saturated carbocycles. The molecule has 4 nitrogen and oxygen atoms in total. The molecule has 0 bridgehead atoms. The minimum atomic E-state index is -0.101. The monoisotopic (exact) mass is 310 g/mol. The summed E-state index contributed by atoms with van der Waals surface area (Å²) in [5.74, 6) is 0. The van der Waals surface area contributed by atoms with Crippen LogP contribution in [0.2, 0.25) is 5.02 Å². The van der Waals surface area contributed by atoms with Gasteiger partial charge in [-0.15, -0.1) is 0 Å². The number of hydrogen-bond acceptors (Lipinski definition) is 4. The highest BCUT2D eigenvalue weighted by molar-refractivity contribution is 6.31. The SMILES string of the molecule is CCC(C)(CN)Nc1cc(Cl)cc(N2CCNCC2)c1C. The summed E-state index contributed by atoms with van der Waals surface area (Å²) >= 11 is 6.34. The Morgan fingerprint density at radius 1 is 1.38 bits per heavy atom. The largest absolute Gasteiger partial charge is 0.378 e. The van der Waals surface area contributed by atoms with E-state index in [9.17, 15) is 0 Å². The average Bonchev–Trinajstić information content (AvgIpc) is 2.51. The molecule has 1 heterocycles. The van der Waals surface area contributed by atoms with Gasteiger partial charge in [-0.1, -0.05) is 18.5 Å². The standard InChI is InChI=1S/C16H27ClN4/c1-4-16(3,11-18)20-14-9-13(17)10-15(12(14)2)21-7-5-19-6-8-21/h9-10,19-20H,4-8,11,18H2,1-3H3. The second kappa shape index (κ2) is 6.86. The van der Waals surface area contributed by atoms with Crippen molar-refractivity contribution in [3.63, 3.8) is 0 Å². The fourth-order valence-corrected chi connectivity index (χ4v) is 2.85. The van der Waals surface area contributed by atoms with Gasteiger partial charge in [-0.2, -0.15) is 0 Å². The molecular weight excluding hydrogens is 284 g/mol. The second-order valence-electron chi connectivity index (χ2n) is 6.08.